The maximum atomic E-state index is 8.73. The minimum absolute atomic E-state index is 0.427. The third-order valence-corrected chi connectivity index (χ3v) is 3.51. The van der Waals surface area contributed by atoms with Crippen molar-refractivity contribution in [1.29, 1.82) is 0 Å². The highest BCUT2D eigenvalue weighted by atomic mass is 35.7. The van der Waals surface area contributed by atoms with Gasteiger partial charge in [-0.15, -0.1) is 22.2 Å². The molecule has 0 aromatic carbocycles. The number of hydrogen-bond acceptors (Lipinski definition) is 1. The fourth-order valence-corrected chi connectivity index (χ4v) is 1.60. The summed E-state index contributed by atoms with van der Waals surface area (Å²) in [4.78, 5) is 0. The summed E-state index contributed by atoms with van der Waals surface area (Å²) >= 11 is 10.8. The lowest BCUT2D eigenvalue weighted by molar-refractivity contribution is 0.249. The van der Waals surface area contributed by atoms with E-state index in [2.05, 4.69) is 0 Å². The fraction of sp³-hybridized carbons (Fsp3) is 1.00. The second-order valence-corrected chi connectivity index (χ2v) is 6.24. The summed E-state index contributed by atoms with van der Waals surface area (Å²) < 4.78 is 0. The van der Waals surface area contributed by atoms with Gasteiger partial charge in [0.25, 0.3) is 7.42 Å². The Bertz CT molecular complexity index is 50.2. The smallest absolute Gasteiger partial charge is 0.264 e. The molecule has 7 heavy (non-hydrogen) atoms. The Morgan fingerprint density at radius 1 is 1.71 bits per heavy atom. The van der Waals surface area contributed by atoms with Gasteiger partial charge in [-0.3, -0.25) is 0 Å². The van der Waals surface area contributed by atoms with Crippen LogP contribution in [0, 0.1) is 0 Å². The van der Waals surface area contributed by atoms with E-state index >= 15 is 0 Å². The van der Waals surface area contributed by atoms with Crippen LogP contribution in [-0.2, 0) is 0 Å². The Kier molecular flexibility index (Phi) is 4.12. The van der Waals surface area contributed by atoms with Gasteiger partial charge in [0.05, 0.1) is 5.73 Å². The first-order valence-corrected chi connectivity index (χ1v) is 6.30. The quantitative estimate of drug-likeness (QED) is 0.470. The van der Waals surface area contributed by atoms with Crippen molar-refractivity contribution in [2.24, 2.45) is 0 Å². The summed E-state index contributed by atoms with van der Waals surface area (Å²) in [6, 6.07) is 0. The fourth-order valence-electron chi connectivity index (χ4n) is 0.178. The van der Waals surface area contributed by atoms with Crippen molar-refractivity contribution >= 4 is 29.6 Å². The molecule has 1 N–H and O–H groups in total. The first-order chi connectivity index (χ1) is 3.18. The van der Waals surface area contributed by atoms with Crippen molar-refractivity contribution in [3.05, 3.63) is 0 Å². The molecule has 0 saturated carbocycles. The van der Waals surface area contributed by atoms with Crippen molar-refractivity contribution < 1.29 is 5.11 Å². The highest BCUT2D eigenvalue weighted by Crippen LogP contribution is 2.04. The van der Waals surface area contributed by atoms with Gasteiger partial charge in [0.1, 0.15) is 0 Å². The van der Waals surface area contributed by atoms with E-state index in [1.54, 1.807) is 0 Å². The van der Waals surface area contributed by atoms with E-state index in [4.69, 9.17) is 27.3 Å². The molecule has 0 aromatic heterocycles. The van der Waals surface area contributed by atoms with E-state index in [9.17, 15) is 0 Å². The molecule has 0 rings (SSSR count). The minimum atomic E-state index is -1.76. The Labute approximate surface area is 54.3 Å². The van der Waals surface area contributed by atoms with Gasteiger partial charge < -0.3 is 5.11 Å². The average molecular weight is 159 g/mol. The predicted octanol–water partition coefficient (Wildman–Crippen LogP) is 0.995. The van der Waals surface area contributed by atoms with Crippen LogP contribution in [0.5, 0.6) is 0 Å². The van der Waals surface area contributed by atoms with E-state index < -0.39 is 13.1 Å². The Hall–Kier alpha value is 0.757. The molecule has 0 aromatic rings. The molecule has 0 saturated heterocycles. The number of aliphatic hydroxyl groups is 1. The van der Waals surface area contributed by atoms with Crippen molar-refractivity contribution in [2.75, 3.05) is 0 Å². The Morgan fingerprint density at radius 3 is 2.14 bits per heavy atom. The first kappa shape index (κ1) is 7.76. The lowest BCUT2D eigenvalue weighted by Gasteiger charge is -2.03. The van der Waals surface area contributed by atoms with Crippen LogP contribution in [-0.4, -0.2) is 18.3 Å². The van der Waals surface area contributed by atoms with Gasteiger partial charge in [-0.1, -0.05) is 6.92 Å². The molecule has 4 heteroatoms. The highest BCUT2D eigenvalue weighted by Gasteiger charge is 2.11. The van der Waals surface area contributed by atoms with E-state index in [-0.39, 0.29) is 0 Å². The van der Waals surface area contributed by atoms with Crippen LogP contribution in [0.15, 0.2) is 0 Å². The van der Waals surface area contributed by atoms with Crippen molar-refractivity contribution in [3.63, 3.8) is 0 Å². The zero-order chi connectivity index (χ0) is 5.86. The van der Waals surface area contributed by atoms with Gasteiger partial charge in [0.15, 0.2) is 0 Å². The lowest BCUT2D eigenvalue weighted by atomic mass is 10.5. The average Bonchev–Trinajstić information content (AvgIpc) is 1.65. The molecule has 1 nitrogen and oxygen atoms in total. The second kappa shape index (κ2) is 3.72. The van der Waals surface area contributed by atoms with Crippen LogP contribution < -0.4 is 0 Å². The SMILES string of the molecule is CCC(O)[SiH](Cl)Cl. The molecule has 0 radical (unpaired) electrons. The molecule has 0 spiro atoms. The summed E-state index contributed by atoms with van der Waals surface area (Å²) in [6.07, 6.45) is 0.671. The number of aliphatic hydroxyl groups excluding tert-OH is 1. The largest absolute Gasteiger partial charge is 0.394 e. The molecule has 0 amide bonds. The monoisotopic (exact) mass is 158 g/mol. The molecule has 0 heterocycles. The Morgan fingerprint density at radius 2 is 2.14 bits per heavy atom. The Balaban J connectivity index is 3.14. The molecule has 44 valence electrons. The number of rotatable bonds is 2. The normalized spacial score (nSPS) is 15.0. The molecular formula is C3H8Cl2OSi. The van der Waals surface area contributed by atoms with Crippen LogP contribution in [0.2, 0.25) is 0 Å². The van der Waals surface area contributed by atoms with E-state index in [0.717, 1.165) is 0 Å². The second-order valence-electron chi connectivity index (χ2n) is 1.31. The minimum Gasteiger partial charge on any atom is -0.394 e. The van der Waals surface area contributed by atoms with Gasteiger partial charge in [0, 0.05) is 0 Å². The third kappa shape index (κ3) is 3.35. The number of hydrogen-bond donors (Lipinski definition) is 1. The summed E-state index contributed by atoms with van der Waals surface area (Å²) in [5.41, 5.74) is -0.427. The molecule has 0 aliphatic heterocycles. The van der Waals surface area contributed by atoms with Crippen molar-refractivity contribution in [3.8, 4) is 0 Å². The lowest BCUT2D eigenvalue weighted by Crippen LogP contribution is -2.17. The molecule has 0 aliphatic carbocycles. The maximum absolute atomic E-state index is 8.73. The van der Waals surface area contributed by atoms with Crippen LogP contribution in [0.25, 0.3) is 0 Å². The van der Waals surface area contributed by atoms with Crippen molar-refractivity contribution in [1.82, 2.24) is 0 Å². The zero-order valence-corrected chi connectivity index (χ0v) is 6.73. The number of halogens is 2. The van der Waals surface area contributed by atoms with Gasteiger partial charge in [0.2, 0.25) is 0 Å². The maximum Gasteiger partial charge on any atom is 0.264 e. The van der Waals surface area contributed by atoms with E-state index in [0.29, 0.717) is 6.42 Å². The summed E-state index contributed by atoms with van der Waals surface area (Å²) in [7, 11) is -1.76. The topological polar surface area (TPSA) is 20.2 Å². The summed E-state index contributed by atoms with van der Waals surface area (Å²) in [5, 5.41) is 8.73. The van der Waals surface area contributed by atoms with E-state index in [1.807, 2.05) is 6.92 Å². The summed E-state index contributed by atoms with van der Waals surface area (Å²) in [5.74, 6) is 0. The predicted molar refractivity (Wildman–Crippen MR) is 35.2 cm³/mol. The molecule has 0 bridgehead atoms. The summed E-state index contributed by atoms with van der Waals surface area (Å²) in [6.45, 7) is 1.86. The van der Waals surface area contributed by atoms with Crippen LogP contribution in [0.3, 0.4) is 0 Å². The van der Waals surface area contributed by atoms with Crippen LogP contribution in [0.1, 0.15) is 13.3 Å². The molecule has 1 atom stereocenters. The molecule has 1 unspecified atom stereocenters. The van der Waals surface area contributed by atoms with Gasteiger partial charge in [-0.25, -0.2) is 0 Å². The highest BCUT2D eigenvalue weighted by molar-refractivity contribution is 7.34. The first-order valence-electron chi connectivity index (χ1n) is 2.14. The molecular weight excluding hydrogens is 151 g/mol. The van der Waals surface area contributed by atoms with Gasteiger partial charge in [-0.05, 0) is 6.42 Å². The van der Waals surface area contributed by atoms with Crippen LogP contribution in [0.4, 0.5) is 0 Å². The van der Waals surface area contributed by atoms with Crippen LogP contribution >= 0.6 is 22.2 Å². The zero-order valence-electron chi connectivity index (χ0n) is 4.06. The van der Waals surface area contributed by atoms with Gasteiger partial charge >= 0.3 is 0 Å². The molecule has 0 fully saturated rings. The molecule has 0 aliphatic rings. The van der Waals surface area contributed by atoms with Crippen molar-refractivity contribution in [2.45, 2.75) is 19.1 Å². The third-order valence-electron chi connectivity index (χ3n) is 0.709. The van der Waals surface area contributed by atoms with E-state index in [1.165, 1.54) is 0 Å². The standard InChI is InChI=1S/C3H8Cl2OSi/c1-2-3(6)7(4)5/h3,6-7H,2H2,1H3. The van der Waals surface area contributed by atoms with Gasteiger partial charge in [-0.2, -0.15) is 0 Å².